The molecule has 122 valence electrons. The van der Waals surface area contributed by atoms with Crippen LogP contribution in [0.2, 0.25) is 0 Å². The molecule has 1 rings (SSSR count). The molecule has 2 amide bonds. The average molecular weight is 306 g/mol. The zero-order valence-electron chi connectivity index (χ0n) is 13.9. The SMILES string of the molecule is CC(=O)N(CCNC(=O)OC(C)(C)C)CCc1ccccc1. The lowest BCUT2D eigenvalue weighted by Crippen LogP contribution is -2.40. The van der Waals surface area contributed by atoms with Gasteiger partial charge in [-0.25, -0.2) is 4.79 Å². The van der Waals surface area contributed by atoms with Crippen LogP contribution in [0, 0.1) is 0 Å². The number of nitrogens with one attached hydrogen (secondary N) is 1. The van der Waals surface area contributed by atoms with Gasteiger partial charge in [-0.05, 0) is 32.8 Å². The van der Waals surface area contributed by atoms with Crippen molar-refractivity contribution in [2.24, 2.45) is 0 Å². The summed E-state index contributed by atoms with van der Waals surface area (Å²) in [5.74, 6) is 0.00178. The third-order valence-electron chi connectivity index (χ3n) is 3.01. The van der Waals surface area contributed by atoms with Crippen LogP contribution >= 0.6 is 0 Å². The molecule has 0 saturated heterocycles. The van der Waals surface area contributed by atoms with Crippen molar-refractivity contribution in [3.63, 3.8) is 0 Å². The molecule has 0 saturated carbocycles. The van der Waals surface area contributed by atoms with Crippen LogP contribution in [0.1, 0.15) is 33.3 Å². The van der Waals surface area contributed by atoms with E-state index < -0.39 is 11.7 Å². The third-order valence-corrected chi connectivity index (χ3v) is 3.01. The summed E-state index contributed by atoms with van der Waals surface area (Å²) in [6, 6.07) is 10.0. The number of alkyl carbamates (subject to hydrolysis) is 1. The van der Waals surface area contributed by atoms with Crippen molar-refractivity contribution in [1.29, 1.82) is 0 Å². The molecule has 0 atom stereocenters. The number of ether oxygens (including phenoxy) is 1. The molecule has 1 aromatic rings. The van der Waals surface area contributed by atoms with Crippen molar-refractivity contribution in [3.05, 3.63) is 35.9 Å². The molecule has 1 N–H and O–H groups in total. The van der Waals surface area contributed by atoms with E-state index in [1.165, 1.54) is 5.56 Å². The average Bonchev–Trinajstić information content (AvgIpc) is 2.41. The summed E-state index contributed by atoms with van der Waals surface area (Å²) in [4.78, 5) is 24.9. The van der Waals surface area contributed by atoms with E-state index in [2.05, 4.69) is 5.32 Å². The van der Waals surface area contributed by atoms with Gasteiger partial charge in [0.1, 0.15) is 5.60 Å². The first kappa shape index (κ1) is 18.0. The molecule has 0 aliphatic carbocycles. The first-order valence-corrected chi connectivity index (χ1v) is 7.54. The molecule has 5 heteroatoms. The van der Waals surface area contributed by atoms with Crippen LogP contribution in [-0.4, -0.2) is 42.1 Å². The van der Waals surface area contributed by atoms with Gasteiger partial charge in [-0.1, -0.05) is 30.3 Å². The van der Waals surface area contributed by atoms with E-state index in [1.54, 1.807) is 11.8 Å². The van der Waals surface area contributed by atoms with Gasteiger partial charge in [0.15, 0.2) is 0 Å². The van der Waals surface area contributed by atoms with E-state index in [9.17, 15) is 9.59 Å². The summed E-state index contributed by atoms with van der Waals surface area (Å²) >= 11 is 0. The maximum atomic E-state index is 11.7. The minimum atomic E-state index is -0.516. The Labute approximate surface area is 132 Å². The number of hydrogen-bond donors (Lipinski definition) is 1. The lowest BCUT2D eigenvalue weighted by molar-refractivity contribution is -0.128. The highest BCUT2D eigenvalue weighted by atomic mass is 16.6. The Kier molecular flexibility index (Phi) is 6.89. The summed E-state index contributed by atoms with van der Waals surface area (Å²) in [6.45, 7) is 8.47. The van der Waals surface area contributed by atoms with E-state index in [1.807, 2.05) is 51.1 Å². The zero-order valence-corrected chi connectivity index (χ0v) is 13.9. The number of nitrogens with zero attached hydrogens (tertiary/aromatic N) is 1. The second kappa shape index (κ2) is 8.41. The minimum absolute atomic E-state index is 0.00178. The molecule has 1 aromatic carbocycles. The quantitative estimate of drug-likeness (QED) is 0.879. The van der Waals surface area contributed by atoms with E-state index in [4.69, 9.17) is 4.74 Å². The molecule has 0 aliphatic rings. The molecule has 0 bridgehead atoms. The molecule has 22 heavy (non-hydrogen) atoms. The highest BCUT2D eigenvalue weighted by Gasteiger charge is 2.16. The van der Waals surface area contributed by atoms with Crippen molar-refractivity contribution in [3.8, 4) is 0 Å². The molecule has 0 fully saturated rings. The molecular formula is C17H26N2O3. The van der Waals surface area contributed by atoms with E-state index >= 15 is 0 Å². The predicted octanol–water partition coefficient (Wildman–Crippen LogP) is 2.60. The molecule has 0 aliphatic heterocycles. The van der Waals surface area contributed by atoms with Crippen molar-refractivity contribution in [2.75, 3.05) is 19.6 Å². The maximum Gasteiger partial charge on any atom is 0.407 e. The van der Waals surface area contributed by atoms with E-state index in [0.717, 1.165) is 6.42 Å². The van der Waals surface area contributed by atoms with Crippen molar-refractivity contribution in [1.82, 2.24) is 10.2 Å². The van der Waals surface area contributed by atoms with Gasteiger partial charge < -0.3 is 15.0 Å². The van der Waals surface area contributed by atoms with Gasteiger partial charge in [0.25, 0.3) is 0 Å². The van der Waals surface area contributed by atoms with Crippen LogP contribution in [0.4, 0.5) is 4.79 Å². The molecule has 0 spiro atoms. The smallest absolute Gasteiger partial charge is 0.407 e. The summed E-state index contributed by atoms with van der Waals surface area (Å²) in [6.07, 6.45) is 0.339. The second-order valence-electron chi connectivity index (χ2n) is 6.17. The monoisotopic (exact) mass is 306 g/mol. The van der Waals surface area contributed by atoms with Crippen LogP contribution in [-0.2, 0) is 16.0 Å². The van der Waals surface area contributed by atoms with Gasteiger partial charge in [0.05, 0.1) is 0 Å². The summed E-state index contributed by atoms with van der Waals surface area (Å²) in [5.41, 5.74) is 0.673. The Balaban J connectivity index is 2.35. The lowest BCUT2D eigenvalue weighted by atomic mass is 10.1. The van der Waals surface area contributed by atoms with Crippen LogP contribution in [0.25, 0.3) is 0 Å². The molecule has 0 unspecified atom stereocenters. The normalized spacial score (nSPS) is 10.9. The van der Waals surface area contributed by atoms with Crippen LogP contribution < -0.4 is 5.32 Å². The molecule has 5 nitrogen and oxygen atoms in total. The van der Waals surface area contributed by atoms with Gasteiger partial charge in [-0.15, -0.1) is 0 Å². The zero-order chi connectivity index (χ0) is 16.6. The fourth-order valence-corrected chi connectivity index (χ4v) is 1.94. The summed E-state index contributed by atoms with van der Waals surface area (Å²) in [7, 11) is 0. The molecule has 0 heterocycles. The third kappa shape index (κ3) is 7.67. The predicted molar refractivity (Wildman–Crippen MR) is 86.6 cm³/mol. The largest absolute Gasteiger partial charge is 0.444 e. The van der Waals surface area contributed by atoms with Gasteiger partial charge in [0, 0.05) is 26.6 Å². The van der Waals surface area contributed by atoms with Crippen molar-refractivity contribution >= 4 is 12.0 Å². The molecule has 0 radical (unpaired) electrons. The van der Waals surface area contributed by atoms with E-state index in [0.29, 0.717) is 19.6 Å². The van der Waals surface area contributed by atoms with Gasteiger partial charge in [-0.2, -0.15) is 0 Å². The molecule has 0 aromatic heterocycles. The summed E-state index contributed by atoms with van der Waals surface area (Å²) < 4.78 is 5.16. The van der Waals surface area contributed by atoms with E-state index in [-0.39, 0.29) is 5.91 Å². The van der Waals surface area contributed by atoms with Crippen LogP contribution in [0.15, 0.2) is 30.3 Å². The number of hydrogen-bond acceptors (Lipinski definition) is 3. The second-order valence-corrected chi connectivity index (χ2v) is 6.17. The van der Waals surface area contributed by atoms with Crippen molar-refractivity contribution < 1.29 is 14.3 Å². The fraction of sp³-hybridized carbons (Fsp3) is 0.529. The highest BCUT2D eigenvalue weighted by molar-refractivity contribution is 5.73. The van der Waals surface area contributed by atoms with Crippen molar-refractivity contribution in [2.45, 2.75) is 39.7 Å². The maximum absolute atomic E-state index is 11.7. The number of carbonyl (C=O) groups is 2. The Morgan fingerprint density at radius 1 is 1.14 bits per heavy atom. The van der Waals surface area contributed by atoms with Gasteiger partial charge >= 0.3 is 6.09 Å². The highest BCUT2D eigenvalue weighted by Crippen LogP contribution is 2.06. The van der Waals surface area contributed by atoms with Gasteiger partial charge in [-0.3, -0.25) is 4.79 Å². The standard InChI is InChI=1S/C17H26N2O3/c1-14(20)19(12-10-15-8-6-5-7-9-15)13-11-18-16(21)22-17(2,3)4/h5-9H,10-13H2,1-4H3,(H,18,21). The minimum Gasteiger partial charge on any atom is -0.444 e. The lowest BCUT2D eigenvalue weighted by Gasteiger charge is -2.23. The number of benzene rings is 1. The topological polar surface area (TPSA) is 58.6 Å². The number of carbonyl (C=O) groups excluding carboxylic acids is 2. The summed E-state index contributed by atoms with van der Waals surface area (Å²) in [5, 5.41) is 2.67. The van der Waals surface area contributed by atoms with Crippen LogP contribution in [0.3, 0.4) is 0 Å². The Bertz CT molecular complexity index is 480. The first-order valence-electron chi connectivity index (χ1n) is 7.54. The van der Waals surface area contributed by atoms with Crippen LogP contribution in [0.5, 0.6) is 0 Å². The number of amides is 2. The first-order chi connectivity index (χ1) is 10.3. The Morgan fingerprint density at radius 3 is 2.32 bits per heavy atom. The Hall–Kier alpha value is -2.04. The number of rotatable bonds is 6. The molecular weight excluding hydrogens is 280 g/mol. The van der Waals surface area contributed by atoms with Gasteiger partial charge in [0.2, 0.25) is 5.91 Å². The Morgan fingerprint density at radius 2 is 1.77 bits per heavy atom. The fourth-order valence-electron chi connectivity index (χ4n) is 1.94.